The molecular weight excluding hydrogens is 480 g/mol. The van der Waals surface area contributed by atoms with Gasteiger partial charge in [-0.15, -0.1) is 0 Å². The van der Waals surface area contributed by atoms with E-state index in [1.807, 2.05) is 0 Å². The molecule has 0 spiro atoms. The molecule has 2 heterocycles. The van der Waals surface area contributed by atoms with Crippen molar-refractivity contribution in [2.75, 3.05) is 11.9 Å². The van der Waals surface area contributed by atoms with Crippen LogP contribution in [0.15, 0.2) is 65.5 Å². The zero-order valence-corrected chi connectivity index (χ0v) is 19.4. The van der Waals surface area contributed by atoms with E-state index in [1.165, 1.54) is 21.4 Å². The number of carbonyl (C=O) groups excluding carboxylic acids is 1. The van der Waals surface area contributed by atoms with Crippen molar-refractivity contribution >= 4 is 34.2 Å². The molecule has 2 amide bonds. The van der Waals surface area contributed by atoms with E-state index >= 15 is 0 Å². The Morgan fingerprint density at radius 2 is 1.91 bits per heavy atom. The molecule has 4 aromatic rings. The highest BCUT2D eigenvalue weighted by Crippen LogP contribution is 2.28. The third-order valence-corrected chi connectivity index (χ3v) is 5.56. The first-order valence-corrected chi connectivity index (χ1v) is 11.1. The van der Waals surface area contributed by atoms with Gasteiger partial charge in [0.1, 0.15) is 5.69 Å². The van der Waals surface area contributed by atoms with E-state index in [0.717, 1.165) is 6.92 Å². The summed E-state index contributed by atoms with van der Waals surface area (Å²) in [6, 6.07) is 15.2. The minimum absolute atomic E-state index is 0.0958. The third kappa shape index (κ3) is 5.33. The quantitative estimate of drug-likeness (QED) is 0.352. The van der Waals surface area contributed by atoms with Crippen LogP contribution in [-0.2, 0) is 19.0 Å². The summed E-state index contributed by atoms with van der Waals surface area (Å²) in [6.45, 7) is 0.555. The number of halogens is 3. The number of benzene rings is 2. The summed E-state index contributed by atoms with van der Waals surface area (Å²) in [5.74, 6) is -3.17. The van der Waals surface area contributed by atoms with E-state index in [9.17, 15) is 23.5 Å². The van der Waals surface area contributed by atoms with Crippen LogP contribution < -0.4 is 16.2 Å². The SMILES string of the molecule is CC(F)(F)c1cc(CNC(=O)Nc2cccc3c2ccc(=O)n3CCO)n(-c2cccc(Cl)c2)n1. The predicted molar refractivity (Wildman–Crippen MR) is 129 cm³/mol. The Labute approximate surface area is 203 Å². The monoisotopic (exact) mass is 501 g/mol. The molecule has 0 aliphatic heterocycles. The van der Waals surface area contributed by atoms with E-state index in [0.29, 0.717) is 33.0 Å². The number of amides is 2. The minimum Gasteiger partial charge on any atom is -0.395 e. The average molecular weight is 502 g/mol. The molecule has 8 nitrogen and oxygen atoms in total. The van der Waals surface area contributed by atoms with Gasteiger partial charge in [-0.2, -0.15) is 13.9 Å². The molecule has 2 aromatic carbocycles. The summed E-state index contributed by atoms with van der Waals surface area (Å²) >= 11 is 6.05. The highest BCUT2D eigenvalue weighted by atomic mass is 35.5. The van der Waals surface area contributed by atoms with Gasteiger partial charge >= 0.3 is 6.03 Å². The molecule has 0 saturated heterocycles. The van der Waals surface area contributed by atoms with Crippen molar-refractivity contribution in [2.45, 2.75) is 25.9 Å². The Kier molecular flexibility index (Phi) is 6.86. The van der Waals surface area contributed by atoms with E-state index in [2.05, 4.69) is 15.7 Å². The van der Waals surface area contributed by atoms with E-state index < -0.39 is 17.6 Å². The van der Waals surface area contributed by atoms with Crippen molar-refractivity contribution in [3.8, 4) is 5.69 Å². The number of rotatable bonds is 7. The van der Waals surface area contributed by atoms with Crippen LogP contribution in [0.5, 0.6) is 0 Å². The maximum atomic E-state index is 14.0. The van der Waals surface area contributed by atoms with E-state index in [-0.39, 0.29) is 25.3 Å². The van der Waals surface area contributed by atoms with Gasteiger partial charge in [-0.05, 0) is 42.5 Å². The van der Waals surface area contributed by atoms with Crippen LogP contribution in [0, 0.1) is 0 Å². The third-order valence-electron chi connectivity index (χ3n) is 5.32. The molecule has 0 aliphatic carbocycles. The first kappa shape index (κ1) is 24.4. The molecule has 182 valence electrons. The molecule has 2 aromatic heterocycles. The molecule has 0 fully saturated rings. The van der Waals surface area contributed by atoms with Crippen LogP contribution >= 0.6 is 11.6 Å². The lowest BCUT2D eigenvalue weighted by Gasteiger charge is -2.13. The van der Waals surface area contributed by atoms with Crippen LogP contribution in [0.4, 0.5) is 19.3 Å². The lowest BCUT2D eigenvalue weighted by atomic mass is 10.1. The van der Waals surface area contributed by atoms with Crippen molar-refractivity contribution in [2.24, 2.45) is 0 Å². The normalized spacial score (nSPS) is 11.6. The van der Waals surface area contributed by atoms with Crippen molar-refractivity contribution in [3.63, 3.8) is 0 Å². The smallest absolute Gasteiger partial charge is 0.319 e. The molecule has 0 radical (unpaired) electrons. The molecule has 0 unspecified atom stereocenters. The molecule has 35 heavy (non-hydrogen) atoms. The number of hydrogen-bond acceptors (Lipinski definition) is 4. The number of aliphatic hydroxyl groups is 1. The van der Waals surface area contributed by atoms with E-state index in [4.69, 9.17) is 11.6 Å². The Morgan fingerprint density at radius 3 is 2.63 bits per heavy atom. The summed E-state index contributed by atoms with van der Waals surface area (Å²) in [5.41, 5.74) is 1.08. The van der Waals surface area contributed by atoms with Gasteiger partial charge in [0.05, 0.1) is 35.7 Å². The standard InChI is InChI=1S/C24H22ClF2N5O3/c1-24(26,27)21-13-17(32(30-21)16-5-2-4-15(25)12-16)14-28-23(35)29-19-6-3-7-20-18(19)8-9-22(34)31(20)10-11-33/h2-9,12-13,33H,10-11,14H2,1H3,(H2,28,29,35). The number of alkyl halides is 2. The lowest BCUT2D eigenvalue weighted by Crippen LogP contribution is -2.29. The minimum atomic E-state index is -3.17. The molecule has 11 heteroatoms. The van der Waals surface area contributed by atoms with E-state index in [1.54, 1.807) is 48.5 Å². The molecule has 3 N–H and O–H groups in total. The first-order valence-electron chi connectivity index (χ1n) is 10.7. The average Bonchev–Trinajstić information content (AvgIpc) is 3.25. The van der Waals surface area contributed by atoms with Crippen LogP contribution in [0.1, 0.15) is 18.3 Å². The number of pyridine rings is 1. The van der Waals surface area contributed by atoms with Gasteiger partial charge in [0.2, 0.25) is 0 Å². The van der Waals surface area contributed by atoms with Gasteiger partial charge in [0.15, 0.2) is 0 Å². The fourth-order valence-corrected chi connectivity index (χ4v) is 3.88. The molecule has 0 bridgehead atoms. The number of aliphatic hydroxyl groups excluding tert-OH is 1. The maximum absolute atomic E-state index is 14.0. The Balaban J connectivity index is 1.58. The fraction of sp³-hybridized carbons (Fsp3) is 0.208. The Hall–Kier alpha value is -3.76. The second-order valence-corrected chi connectivity index (χ2v) is 8.33. The molecular formula is C24H22ClF2N5O3. The van der Waals surface area contributed by atoms with Gasteiger partial charge in [-0.25, -0.2) is 9.48 Å². The van der Waals surface area contributed by atoms with Gasteiger partial charge in [0.25, 0.3) is 11.5 Å². The zero-order chi connectivity index (χ0) is 25.2. The van der Waals surface area contributed by atoms with Gasteiger partial charge in [-0.1, -0.05) is 23.7 Å². The number of aromatic nitrogens is 3. The summed E-state index contributed by atoms with van der Waals surface area (Å²) in [4.78, 5) is 24.8. The van der Waals surface area contributed by atoms with Crippen LogP contribution in [-0.4, -0.2) is 32.1 Å². The lowest BCUT2D eigenvalue weighted by molar-refractivity contribution is 0.0124. The summed E-state index contributed by atoms with van der Waals surface area (Å²) in [6.07, 6.45) is 0. The number of fused-ring (bicyclic) bond motifs is 1. The van der Waals surface area contributed by atoms with Crippen LogP contribution in [0.2, 0.25) is 5.02 Å². The van der Waals surface area contributed by atoms with Crippen molar-refractivity contribution in [1.29, 1.82) is 0 Å². The molecule has 0 atom stereocenters. The van der Waals surface area contributed by atoms with Crippen molar-refractivity contribution < 1.29 is 18.7 Å². The van der Waals surface area contributed by atoms with Gasteiger partial charge in [0, 0.05) is 29.9 Å². The van der Waals surface area contributed by atoms with Gasteiger partial charge in [-0.3, -0.25) is 4.79 Å². The van der Waals surface area contributed by atoms with Crippen molar-refractivity contribution in [1.82, 2.24) is 19.7 Å². The number of nitrogens with one attached hydrogen (secondary N) is 2. The number of anilines is 1. The highest BCUT2D eigenvalue weighted by molar-refractivity contribution is 6.30. The van der Waals surface area contributed by atoms with Gasteiger partial charge < -0.3 is 20.3 Å². The topological polar surface area (TPSA) is 101 Å². The number of carbonyl (C=O) groups is 1. The summed E-state index contributed by atoms with van der Waals surface area (Å²) in [5, 5.41) is 19.7. The summed E-state index contributed by atoms with van der Waals surface area (Å²) < 4.78 is 30.6. The Bertz CT molecular complexity index is 1450. The second-order valence-electron chi connectivity index (χ2n) is 7.89. The predicted octanol–water partition coefficient (Wildman–Crippen LogP) is 4.27. The summed E-state index contributed by atoms with van der Waals surface area (Å²) in [7, 11) is 0. The molecule has 0 saturated carbocycles. The molecule has 0 aliphatic rings. The van der Waals surface area contributed by atoms with Crippen LogP contribution in [0.3, 0.4) is 0 Å². The number of hydrogen-bond donors (Lipinski definition) is 3. The fourth-order valence-electron chi connectivity index (χ4n) is 3.70. The number of urea groups is 1. The van der Waals surface area contributed by atoms with Crippen molar-refractivity contribution in [3.05, 3.63) is 87.4 Å². The second kappa shape index (κ2) is 9.85. The number of nitrogens with zero attached hydrogens (tertiary/aromatic N) is 3. The van der Waals surface area contributed by atoms with Crippen LogP contribution in [0.25, 0.3) is 16.6 Å². The maximum Gasteiger partial charge on any atom is 0.319 e. The molecule has 4 rings (SSSR count). The Morgan fingerprint density at radius 1 is 1.14 bits per heavy atom. The first-order chi connectivity index (χ1) is 16.7. The largest absolute Gasteiger partial charge is 0.395 e. The zero-order valence-electron chi connectivity index (χ0n) is 18.6. The highest BCUT2D eigenvalue weighted by Gasteiger charge is 2.29.